The molecule has 1 aromatic carbocycles. The van der Waals surface area contributed by atoms with Gasteiger partial charge in [-0.2, -0.15) is 11.3 Å². The van der Waals surface area contributed by atoms with E-state index in [2.05, 4.69) is 26.3 Å². The van der Waals surface area contributed by atoms with Crippen molar-refractivity contribution in [1.82, 2.24) is 19.4 Å². The Labute approximate surface area is 168 Å². The van der Waals surface area contributed by atoms with Crippen LogP contribution in [0.25, 0.3) is 0 Å². The number of hydrogen-bond donors (Lipinski definition) is 1. The molecule has 3 aromatic heterocycles. The average Bonchev–Trinajstić information content (AvgIpc) is 3.47. The molecular weight excluding hydrogens is 368 g/mol. The second-order valence-corrected chi connectivity index (χ2v) is 7.49. The molecule has 5 nitrogen and oxygen atoms in total. The average molecular weight is 391 g/mol. The van der Waals surface area contributed by atoms with Crippen molar-refractivity contribution < 1.29 is 4.79 Å². The van der Waals surface area contributed by atoms with Crippen molar-refractivity contribution in [3.63, 3.8) is 0 Å². The van der Waals surface area contributed by atoms with Gasteiger partial charge in [0.1, 0.15) is 11.9 Å². The van der Waals surface area contributed by atoms with Crippen LogP contribution in [0, 0.1) is 0 Å². The molecule has 0 aliphatic heterocycles. The molecule has 1 amide bonds. The summed E-state index contributed by atoms with van der Waals surface area (Å²) in [6.07, 6.45) is 8.02. The van der Waals surface area contributed by atoms with E-state index in [9.17, 15) is 4.79 Å². The number of rotatable bonds is 7. The van der Waals surface area contributed by atoms with E-state index in [1.807, 2.05) is 78.0 Å². The van der Waals surface area contributed by atoms with Crippen LogP contribution in [-0.2, 0) is 11.8 Å². The number of carbonyl (C=O) groups excluding carboxylic acids is 1. The Hall–Kier alpha value is -3.12. The fraction of sp³-hybridized carbons (Fsp3) is 0.182. The molecular formula is C22H22N4OS. The maximum atomic E-state index is 13.1. The summed E-state index contributed by atoms with van der Waals surface area (Å²) in [5.41, 5.74) is 2.16. The Bertz CT molecular complexity index is 972. The van der Waals surface area contributed by atoms with Gasteiger partial charge in [0.05, 0.1) is 12.5 Å². The maximum Gasteiger partial charge on any atom is 0.223 e. The largest absolute Gasteiger partial charge is 0.346 e. The van der Waals surface area contributed by atoms with E-state index < -0.39 is 0 Å². The minimum absolute atomic E-state index is 0.0123. The van der Waals surface area contributed by atoms with Gasteiger partial charge in [0.2, 0.25) is 5.91 Å². The first-order valence-corrected chi connectivity index (χ1v) is 10.1. The van der Waals surface area contributed by atoms with E-state index in [1.54, 1.807) is 17.5 Å². The van der Waals surface area contributed by atoms with Gasteiger partial charge in [0.25, 0.3) is 0 Å². The van der Waals surface area contributed by atoms with Crippen LogP contribution < -0.4 is 5.32 Å². The fourth-order valence-corrected chi connectivity index (χ4v) is 4.12. The summed E-state index contributed by atoms with van der Waals surface area (Å²) in [6.45, 7) is 0. The molecule has 6 heteroatoms. The number of hydrogen-bond acceptors (Lipinski definition) is 3. The first-order chi connectivity index (χ1) is 13.7. The summed E-state index contributed by atoms with van der Waals surface area (Å²) in [5, 5.41) is 7.35. The summed E-state index contributed by atoms with van der Waals surface area (Å²) in [7, 11) is 1.94. The van der Waals surface area contributed by atoms with Crippen molar-refractivity contribution in [1.29, 1.82) is 0 Å². The third-order valence-electron chi connectivity index (χ3n) is 4.85. The number of thiophene rings is 1. The van der Waals surface area contributed by atoms with Crippen molar-refractivity contribution in [3.05, 3.63) is 101 Å². The first kappa shape index (κ1) is 18.3. The van der Waals surface area contributed by atoms with Crippen LogP contribution in [-0.4, -0.2) is 20.0 Å². The predicted octanol–water partition coefficient (Wildman–Crippen LogP) is 4.17. The molecule has 0 fully saturated rings. The molecule has 142 valence electrons. The predicted molar refractivity (Wildman–Crippen MR) is 111 cm³/mol. The normalized spacial score (nSPS) is 13.2. The Morgan fingerprint density at radius 3 is 2.50 bits per heavy atom. The third-order valence-corrected chi connectivity index (χ3v) is 5.55. The fourth-order valence-electron chi connectivity index (χ4n) is 3.41. The zero-order valence-corrected chi connectivity index (χ0v) is 16.4. The van der Waals surface area contributed by atoms with Gasteiger partial charge in [-0.3, -0.25) is 4.79 Å². The zero-order valence-electron chi connectivity index (χ0n) is 15.6. The Morgan fingerprint density at radius 2 is 1.86 bits per heavy atom. The van der Waals surface area contributed by atoms with Crippen molar-refractivity contribution in [3.8, 4) is 0 Å². The van der Waals surface area contributed by atoms with Crippen LogP contribution in [0.3, 0.4) is 0 Å². The van der Waals surface area contributed by atoms with Crippen molar-refractivity contribution in [2.75, 3.05) is 0 Å². The number of nitrogens with one attached hydrogen (secondary N) is 1. The minimum Gasteiger partial charge on any atom is -0.346 e. The summed E-state index contributed by atoms with van der Waals surface area (Å²) >= 11 is 1.64. The second-order valence-electron chi connectivity index (χ2n) is 6.71. The Morgan fingerprint density at radius 1 is 1.07 bits per heavy atom. The first-order valence-electron chi connectivity index (χ1n) is 9.18. The van der Waals surface area contributed by atoms with E-state index >= 15 is 0 Å². The van der Waals surface area contributed by atoms with Crippen molar-refractivity contribution in [2.24, 2.45) is 7.05 Å². The molecule has 0 spiro atoms. The highest BCUT2D eigenvalue weighted by Gasteiger charge is 2.23. The smallest absolute Gasteiger partial charge is 0.223 e. The highest BCUT2D eigenvalue weighted by molar-refractivity contribution is 7.08. The van der Waals surface area contributed by atoms with Crippen LogP contribution in [0.4, 0.5) is 0 Å². The van der Waals surface area contributed by atoms with Gasteiger partial charge in [-0.15, -0.1) is 0 Å². The van der Waals surface area contributed by atoms with Crippen molar-refractivity contribution >= 4 is 17.2 Å². The molecule has 2 atom stereocenters. The van der Waals surface area contributed by atoms with Gasteiger partial charge in [-0.1, -0.05) is 30.3 Å². The molecule has 1 N–H and O–H groups in total. The minimum atomic E-state index is -0.290. The summed E-state index contributed by atoms with van der Waals surface area (Å²) in [6, 6.07) is 15.7. The van der Waals surface area contributed by atoms with E-state index in [0.717, 1.165) is 17.0 Å². The monoisotopic (exact) mass is 390 g/mol. The number of imidazole rings is 1. The topological polar surface area (TPSA) is 51.9 Å². The number of benzene rings is 1. The van der Waals surface area contributed by atoms with Gasteiger partial charge in [-0.25, -0.2) is 4.98 Å². The lowest BCUT2D eigenvalue weighted by Crippen LogP contribution is -2.32. The summed E-state index contributed by atoms with van der Waals surface area (Å²) < 4.78 is 4.03. The van der Waals surface area contributed by atoms with Gasteiger partial charge in [0, 0.05) is 31.8 Å². The Kier molecular flexibility index (Phi) is 5.39. The van der Waals surface area contributed by atoms with Gasteiger partial charge >= 0.3 is 0 Å². The lowest BCUT2D eigenvalue weighted by Gasteiger charge is -2.22. The molecule has 0 saturated heterocycles. The molecule has 0 radical (unpaired) electrons. The molecule has 0 aliphatic carbocycles. The van der Waals surface area contributed by atoms with Crippen LogP contribution in [0.15, 0.2) is 84.1 Å². The molecule has 0 aliphatic rings. The Balaban J connectivity index is 1.58. The van der Waals surface area contributed by atoms with E-state index in [4.69, 9.17) is 0 Å². The summed E-state index contributed by atoms with van der Waals surface area (Å²) in [5.74, 6) is 0.800. The van der Waals surface area contributed by atoms with E-state index in [1.165, 1.54) is 0 Å². The lowest BCUT2D eigenvalue weighted by molar-refractivity contribution is -0.122. The molecule has 4 rings (SSSR count). The van der Waals surface area contributed by atoms with Gasteiger partial charge in [-0.05, 0) is 40.1 Å². The highest BCUT2D eigenvalue weighted by Crippen LogP contribution is 2.26. The molecule has 0 unspecified atom stereocenters. The standard InChI is InChI=1S/C22H22N4OS/c1-25-13-10-23-22(25)21(17-7-3-2-4-8-17)24-20(27)15-19(18-9-14-28-16-18)26-11-5-6-12-26/h2-14,16,19,21H,15H2,1H3,(H,24,27)/t19-,21-/m1/s1. The molecule has 0 saturated carbocycles. The molecule has 28 heavy (non-hydrogen) atoms. The number of nitrogens with zero attached hydrogens (tertiary/aromatic N) is 3. The quantitative estimate of drug-likeness (QED) is 0.515. The zero-order chi connectivity index (χ0) is 19.3. The number of aromatic nitrogens is 3. The maximum absolute atomic E-state index is 13.1. The van der Waals surface area contributed by atoms with E-state index in [0.29, 0.717) is 6.42 Å². The van der Waals surface area contributed by atoms with Crippen LogP contribution in [0.1, 0.15) is 35.5 Å². The van der Waals surface area contributed by atoms with Gasteiger partial charge in [0.15, 0.2) is 0 Å². The molecule has 3 heterocycles. The highest BCUT2D eigenvalue weighted by atomic mass is 32.1. The second kappa shape index (κ2) is 8.27. The van der Waals surface area contributed by atoms with Crippen molar-refractivity contribution in [2.45, 2.75) is 18.5 Å². The van der Waals surface area contributed by atoms with E-state index in [-0.39, 0.29) is 18.0 Å². The SMILES string of the molecule is Cn1ccnc1[C@H](NC(=O)C[C@H](c1ccsc1)n1cccc1)c1ccccc1. The lowest BCUT2D eigenvalue weighted by atomic mass is 10.0. The number of aryl methyl sites for hydroxylation is 1. The number of amides is 1. The summed E-state index contributed by atoms with van der Waals surface area (Å²) in [4.78, 5) is 17.5. The third kappa shape index (κ3) is 3.92. The van der Waals surface area contributed by atoms with Crippen LogP contribution >= 0.6 is 11.3 Å². The van der Waals surface area contributed by atoms with Crippen LogP contribution in [0.5, 0.6) is 0 Å². The number of carbonyl (C=O) groups is 1. The van der Waals surface area contributed by atoms with Crippen LogP contribution in [0.2, 0.25) is 0 Å². The molecule has 0 bridgehead atoms. The van der Waals surface area contributed by atoms with Gasteiger partial charge < -0.3 is 14.5 Å². The molecule has 4 aromatic rings.